The molecule has 0 aromatic heterocycles. The van der Waals surface area contributed by atoms with Crippen LogP contribution in [-0.4, -0.2) is 11.1 Å². The molecule has 1 aromatic carbocycles. The predicted octanol–water partition coefficient (Wildman–Crippen LogP) is 1.56. The number of aliphatic carboxylic acids is 1. The van der Waals surface area contributed by atoms with E-state index < -0.39 is 17.8 Å². The number of carboxylic acid groups (broad SMARTS) is 1. The summed E-state index contributed by atoms with van der Waals surface area (Å²) in [5.41, 5.74) is 5.44. The maximum Gasteiger partial charge on any atom is 0.325 e. The second-order valence-electron chi connectivity index (χ2n) is 2.49. The topological polar surface area (TPSA) is 63.3 Å². The maximum atomic E-state index is 12.8. The summed E-state index contributed by atoms with van der Waals surface area (Å²) in [4.78, 5) is 10.4. The monoisotopic (exact) mass is 203 g/mol. The molecule has 3 N–H and O–H groups in total. The number of nitrogens with two attached hydrogens (primary N) is 1. The average molecular weight is 204 g/mol. The first-order chi connectivity index (χ1) is 6.02. The summed E-state index contributed by atoms with van der Waals surface area (Å²) in [5, 5.41) is 8.46. The lowest BCUT2D eigenvalue weighted by Crippen LogP contribution is -2.20. The van der Waals surface area contributed by atoms with Gasteiger partial charge in [-0.3, -0.25) is 4.79 Å². The molecule has 70 valence electrons. The number of carbonyl (C=O) groups is 1. The van der Waals surface area contributed by atoms with Crippen LogP contribution >= 0.6 is 11.6 Å². The zero-order valence-corrected chi connectivity index (χ0v) is 7.25. The second-order valence-corrected chi connectivity index (χ2v) is 2.90. The van der Waals surface area contributed by atoms with Crippen LogP contribution in [0.1, 0.15) is 11.6 Å². The minimum atomic E-state index is -1.22. The van der Waals surface area contributed by atoms with Crippen molar-refractivity contribution in [2.75, 3.05) is 0 Å². The van der Waals surface area contributed by atoms with Gasteiger partial charge in [-0.1, -0.05) is 17.7 Å². The van der Waals surface area contributed by atoms with Gasteiger partial charge in [-0.05, 0) is 17.7 Å². The van der Waals surface area contributed by atoms with E-state index in [9.17, 15) is 9.18 Å². The van der Waals surface area contributed by atoms with E-state index in [1.165, 1.54) is 12.1 Å². The highest BCUT2D eigenvalue weighted by Gasteiger charge is 2.15. The van der Waals surface area contributed by atoms with E-state index in [1.54, 1.807) is 0 Å². The third-order valence-electron chi connectivity index (χ3n) is 1.57. The molecule has 0 spiro atoms. The zero-order valence-electron chi connectivity index (χ0n) is 6.50. The van der Waals surface area contributed by atoms with E-state index in [-0.39, 0.29) is 10.6 Å². The highest BCUT2D eigenvalue weighted by Crippen LogP contribution is 2.18. The molecule has 0 fully saturated rings. The van der Waals surface area contributed by atoms with Crippen LogP contribution in [-0.2, 0) is 4.79 Å². The summed E-state index contributed by atoms with van der Waals surface area (Å²) >= 11 is 5.40. The normalized spacial score (nSPS) is 12.5. The van der Waals surface area contributed by atoms with Crippen molar-refractivity contribution < 1.29 is 14.3 Å². The number of carboxylic acids is 1. The SMILES string of the molecule is NC(C(=O)O)c1ccc(Cl)c(F)c1. The molecule has 0 saturated carbocycles. The van der Waals surface area contributed by atoms with Gasteiger partial charge in [-0.15, -0.1) is 0 Å². The first-order valence-corrected chi connectivity index (χ1v) is 3.83. The average Bonchev–Trinajstić information content (AvgIpc) is 2.08. The zero-order chi connectivity index (χ0) is 10.0. The smallest absolute Gasteiger partial charge is 0.325 e. The van der Waals surface area contributed by atoms with Crippen molar-refractivity contribution in [3.05, 3.63) is 34.6 Å². The van der Waals surface area contributed by atoms with E-state index in [1.807, 2.05) is 0 Å². The second kappa shape index (κ2) is 3.72. The van der Waals surface area contributed by atoms with Gasteiger partial charge >= 0.3 is 5.97 Å². The summed E-state index contributed by atoms with van der Waals surface area (Å²) in [7, 11) is 0. The molecule has 1 aromatic rings. The molecule has 0 heterocycles. The summed E-state index contributed by atoms with van der Waals surface area (Å²) in [6.45, 7) is 0. The van der Waals surface area contributed by atoms with E-state index in [0.29, 0.717) is 0 Å². The summed E-state index contributed by atoms with van der Waals surface area (Å²) < 4.78 is 12.8. The number of hydrogen-bond acceptors (Lipinski definition) is 2. The first-order valence-electron chi connectivity index (χ1n) is 3.45. The van der Waals surface area contributed by atoms with Crippen molar-refractivity contribution >= 4 is 17.6 Å². The molecule has 0 bridgehead atoms. The first kappa shape index (κ1) is 9.95. The molecular formula is C8H7ClFNO2. The van der Waals surface area contributed by atoms with E-state index in [0.717, 1.165) is 6.07 Å². The molecule has 3 nitrogen and oxygen atoms in total. The lowest BCUT2D eigenvalue weighted by Gasteiger charge is -2.06. The van der Waals surface area contributed by atoms with Gasteiger partial charge < -0.3 is 10.8 Å². The van der Waals surface area contributed by atoms with Crippen molar-refractivity contribution in [2.45, 2.75) is 6.04 Å². The third kappa shape index (κ3) is 2.17. The minimum absolute atomic E-state index is 0.0543. The largest absolute Gasteiger partial charge is 0.480 e. The number of hydrogen-bond donors (Lipinski definition) is 2. The van der Waals surface area contributed by atoms with Gasteiger partial charge in [-0.25, -0.2) is 4.39 Å². The molecule has 1 rings (SSSR count). The van der Waals surface area contributed by atoms with Gasteiger partial charge in [0.25, 0.3) is 0 Å². The van der Waals surface area contributed by atoms with Crippen LogP contribution in [0.15, 0.2) is 18.2 Å². The maximum absolute atomic E-state index is 12.8. The van der Waals surface area contributed by atoms with E-state index in [4.69, 9.17) is 22.4 Å². The Kier molecular flexibility index (Phi) is 2.85. The molecule has 1 atom stereocenters. The Hall–Kier alpha value is -1.13. The van der Waals surface area contributed by atoms with Gasteiger partial charge in [0, 0.05) is 0 Å². The molecule has 0 aliphatic heterocycles. The Morgan fingerprint density at radius 3 is 2.69 bits per heavy atom. The molecule has 13 heavy (non-hydrogen) atoms. The van der Waals surface area contributed by atoms with Gasteiger partial charge in [0.15, 0.2) is 0 Å². The minimum Gasteiger partial charge on any atom is -0.480 e. The van der Waals surface area contributed by atoms with Gasteiger partial charge in [0.05, 0.1) is 5.02 Å². The lowest BCUT2D eigenvalue weighted by molar-refractivity contribution is -0.138. The Balaban J connectivity index is 3.03. The van der Waals surface area contributed by atoms with E-state index in [2.05, 4.69) is 0 Å². The lowest BCUT2D eigenvalue weighted by atomic mass is 10.1. The van der Waals surface area contributed by atoms with Gasteiger partial charge in [0.1, 0.15) is 11.9 Å². The fraction of sp³-hybridized carbons (Fsp3) is 0.125. The Bertz CT molecular complexity index is 343. The van der Waals surface area contributed by atoms with Crippen molar-refractivity contribution in [1.29, 1.82) is 0 Å². The highest BCUT2D eigenvalue weighted by atomic mass is 35.5. The van der Waals surface area contributed by atoms with Crippen molar-refractivity contribution in [3.63, 3.8) is 0 Å². The van der Waals surface area contributed by atoms with E-state index >= 15 is 0 Å². The highest BCUT2D eigenvalue weighted by molar-refractivity contribution is 6.30. The van der Waals surface area contributed by atoms with Crippen molar-refractivity contribution in [3.8, 4) is 0 Å². The molecule has 0 aliphatic rings. The van der Waals surface area contributed by atoms with Crippen LogP contribution < -0.4 is 5.73 Å². The number of halogens is 2. The van der Waals surface area contributed by atoms with Crippen LogP contribution in [0, 0.1) is 5.82 Å². The Morgan fingerprint density at radius 2 is 2.23 bits per heavy atom. The molecule has 0 aliphatic carbocycles. The molecule has 5 heteroatoms. The standard InChI is InChI=1S/C8H7ClFNO2/c9-5-2-1-4(3-6(5)10)7(11)8(12)13/h1-3,7H,11H2,(H,12,13). The molecule has 1 unspecified atom stereocenters. The van der Waals surface area contributed by atoms with Crippen molar-refractivity contribution in [2.24, 2.45) is 5.73 Å². The third-order valence-corrected chi connectivity index (χ3v) is 1.88. The Labute approximate surface area is 78.9 Å². The molecule has 0 amide bonds. The Morgan fingerprint density at radius 1 is 1.62 bits per heavy atom. The number of benzene rings is 1. The molecule has 0 saturated heterocycles. The van der Waals surface area contributed by atoms with Crippen LogP contribution in [0.4, 0.5) is 4.39 Å². The summed E-state index contributed by atoms with van der Waals surface area (Å²) in [5.74, 6) is -1.88. The molecule has 0 radical (unpaired) electrons. The number of rotatable bonds is 2. The van der Waals surface area contributed by atoms with Crippen LogP contribution in [0.2, 0.25) is 5.02 Å². The summed E-state index contributed by atoms with van der Waals surface area (Å²) in [6.07, 6.45) is 0. The van der Waals surface area contributed by atoms with Crippen LogP contribution in [0.3, 0.4) is 0 Å². The van der Waals surface area contributed by atoms with Gasteiger partial charge in [-0.2, -0.15) is 0 Å². The quantitative estimate of drug-likeness (QED) is 0.767. The van der Waals surface area contributed by atoms with Crippen LogP contribution in [0.5, 0.6) is 0 Å². The molecular weight excluding hydrogens is 197 g/mol. The van der Waals surface area contributed by atoms with Crippen molar-refractivity contribution in [1.82, 2.24) is 0 Å². The predicted molar refractivity (Wildman–Crippen MR) is 46.0 cm³/mol. The van der Waals surface area contributed by atoms with Crippen LogP contribution in [0.25, 0.3) is 0 Å². The summed E-state index contributed by atoms with van der Waals surface area (Å²) in [6, 6.07) is 2.45. The van der Waals surface area contributed by atoms with Gasteiger partial charge in [0.2, 0.25) is 0 Å². The fourth-order valence-electron chi connectivity index (χ4n) is 0.848. The fourth-order valence-corrected chi connectivity index (χ4v) is 0.966.